The molecule has 0 bridgehead atoms. The second-order valence-electron chi connectivity index (χ2n) is 10.9. The van der Waals surface area contributed by atoms with Crippen LogP contribution in [0.3, 0.4) is 0 Å². The fraction of sp³-hybridized carbons (Fsp3) is 0.517. The lowest BCUT2D eigenvalue weighted by atomic mass is 10.0. The molecule has 10 nitrogen and oxygen atoms in total. The van der Waals surface area contributed by atoms with Gasteiger partial charge in [0.15, 0.2) is 0 Å². The number of rotatable bonds is 10. The van der Waals surface area contributed by atoms with Crippen LogP contribution < -0.4 is 10.2 Å². The molecule has 1 aromatic heterocycles. The Morgan fingerprint density at radius 2 is 1.85 bits per heavy atom. The molecule has 0 saturated carbocycles. The van der Waals surface area contributed by atoms with Gasteiger partial charge in [-0.05, 0) is 44.1 Å². The van der Waals surface area contributed by atoms with Crippen molar-refractivity contribution in [2.45, 2.75) is 39.4 Å². The maximum absolute atomic E-state index is 12.4. The van der Waals surface area contributed by atoms with Gasteiger partial charge in [0.25, 0.3) is 0 Å². The summed E-state index contributed by atoms with van der Waals surface area (Å²) in [5, 5.41) is 3.36. The lowest BCUT2D eigenvalue weighted by molar-refractivity contribution is -0.127. The third-order valence-electron chi connectivity index (χ3n) is 7.21. The molecule has 2 saturated heterocycles. The number of carbonyl (C=O) groups is 2. The quantitative estimate of drug-likeness (QED) is 0.463. The van der Waals surface area contributed by atoms with Gasteiger partial charge in [-0.3, -0.25) is 14.6 Å². The highest BCUT2D eigenvalue weighted by atomic mass is 16.6. The van der Waals surface area contributed by atoms with Gasteiger partial charge < -0.3 is 19.9 Å². The Labute approximate surface area is 231 Å². The van der Waals surface area contributed by atoms with Gasteiger partial charge in [0.05, 0.1) is 12.1 Å². The lowest BCUT2D eigenvalue weighted by Gasteiger charge is -2.34. The predicted molar refractivity (Wildman–Crippen MR) is 153 cm³/mol. The van der Waals surface area contributed by atoms with E-state index in [9.17, 15) is 9.59 Å². The number of hydrogen-bond donors (Lipinski definition) is 1. The molecule has 0 aliphatic carbocycles. The molecular formula is C29H41N7O3. The number of anilines is 2. The van der Waals surface area contributed by atoms with Gasteiger partial charge in [-0.1, -0.05) is 44.2 Å². The van der Waals surface area contributed by atoms with E-state index in [4.69, 9.17) is 4.74 Å². The van der Waals surface area contributed by atoms with Crippen molar-refractivity contribution in [2.75, 3.05) is 63.6 Å². The largest absolute Gasteiger partial charge is 0.447 e. The lowest BCUT2D eigenvalue weighted by Crippen LogP contribution is -2.47. The highest BCUT2D eigenvalue weighted by Crippen LogP contribution is 2.27. The van der Waals surface area contributed by atoms with Crippen molar-refractivity contribution in [3.63, 3.8) is 0 Å². The van der Waals surface area contributed by atoms with E-state index in [0.29, 0.717) is 18.4 Å². The van der Waals surface area contributed by atoms with E-state index in [0.717, 1.165) is 44.8 Å². The number of nitrogens with one attached hydrogen (secondary N) is 1. The van der Waals surface area contributed by atoms with Crippen LogP contribution in [0.2, 0.25) is 0 Å². The summed E-state index contributed by atoms with van der Waals surface area (Å²) in [5.74, 6) is 1.36. The number of benzene rings is 1. The molecule has 0 spiro atoms. The van der Waals surface area contributed by atoms with Crippen LogP contribution in [-0.4, -0.2) is 96.1 Å². The molecule has 4 rings (SSSR count). The van der Waals surface area contributed by atoms with Gasteiger partial charge >= 0.3 is 6.09 Å². The second kappa shape index (κ2) is 13.0. The Bertz CT molecular complexity index is 1140. The summed E-state index contributed by atoms with van der Waals surface area (Å²) < 4.78 is 5.27. The summed E-state index contributed by atoms with van der Waals surface area (Å²) in [6, 6.07) is 10.2. The first-order chi connectivity index (χ1) is 18.7. The first-order valence-corrected chi connectivity index (χ1v) is 13.7. The van der Waals surface area contributed by atoms with Crippen LogP contribution in [-0.2, 0) is 16.1 Å². The molecule has 10 heteroatoms. The minimum atomic E-state index is -0.369. The van der Waals surface area contributed by atoms with E-state index in [1.807, 2.05) is 30.0 Å². The standard InChI is InChI=1S/C29H41N7O3/c1-21(2)25-20-39-29(38)36(25)26-12-13-30-28(32-26)31-22(3)24-10-8-23(9-11-24)19-34-15-17-35(18-16-34)27(37)7-6-14-33(4)5/h6-13,21-22,25H,14-20H2,1-5H3,(H,30,31,32)/b7-6+/t22-,25+/m0/s1. The summed E-state index contributed by atoms with van der Waals surface area (Å²) in [6.07, 6.45) is 4.90. The summed E-state index contributed by atoms with van der Waals surface area (Å²) >= 11 is 0. The van der Waals surface area contributed by atoms with E-state index in [1.165, 1.54) is 5.56 Å². The third kappa shape index (κ3) is 7.54. The maximum Gasteiger partial charge on any atom is 0.415 e. The number of ether oxygens (including phenoxy) is 1. The first kappa shape index (κ1) is 28.5. The molecule has 0 radical (unpaired) electrons. The fourth-order valence-electron chi connectivity index (χ4n) is 4.79. The van der Waals surface area contributed by atoms with E-state index in [-0.39, 0.29) is 30.0 Å². The average molecular weight is 536 g/mol. The first-order valence-electron chi connectivity index (χ1n) is 13.7. The third-order valence-corrected chi connectivity index (χ3v) is 7.21. The monoisotopic (exact) mass is 535 g/mol. The number of piperazine rings is 1. The zero-order valence-corrected chi connectivity index (χ0v) is 23.7. The van der Waals surface area contributed by atoms with E-state index < -0.39 is 0 Å². The number of amides is 2. The number of cyclic esters (lactones) is 1. The van der Waals surface area contributed by atoms with Crippen molar-refractivity contribution in [3.8, 4) is 0 Å². The topological polar surface area (TPSA) is 94.1 Å². The predicted octanol–water partition coefficient (Wildman–Crippen LogP) is 3.39. The minimum Gasteiger partial charge on any atom is -0.447 e. The van der Waals surface area contributed by atoms with Gasteiger partial charge in [-0.25, -0.2) is 9.78 Å². The van der Waals surface area contributed by atoms with Crippen molar-refractivity contribution >= 4 is 23.8 Å². The van der Waals surface area contributed by atoms with E-state index in [1.54, 1.807) is 23.2 Å². The summed E-state index contributed by atoms with van der Waals surface area (Å²) in [4.78, 5) is 41.6. The van der Waals surface area contributed by atoms with E-state index >= 15 is 0 Å². The van der Waals surface area contributed by atoms with Gasteiger partial charge in [0, 0.05) is 51.5 Å². The van der Waals surface area contributed by atoms with Crippen molar-refractivity contribution in [2.24, 2.45) is 5.92 Å². The normalized spacial score (nSPS) is 19.3. The molecule has 1 aromatic carbocycles. The molecule has 2 aliphatic rings. The Balaban J connectivity index is 1.29. The molecule has 2 aromatic rings. The smallest absolute Gasteiger partial charge is 0.415 e. The molecule has 2 aliphatic heterocycles. The average Bonchev–Trinajstić information content (AvgIpc) is 3.31. The molecule has 2 fully saturated rings. The molecule has 1 N–H and O–H groups in total. The van der Waals surface area contributed by atoms with Crippen LogP contribution in [0.25, 0.3) is 0 Å². The number of nitrogens with zero attached hydrogens (tertiary/aromatic N) is 6. The van der Waals surface area contributed by atoms with Crippen LogP contribution in [0.5, 0.6) is 0 Å². The maximum atomic E-state index is 12.4. The molecular weight excluding hydrogens is 494 g/mol. The zero-order valence-electron chi connectivity index (χ0n) is 23.7. The highest BCUT2D eigenvalue weighted by Gasteiger charge is 2.37. The van der Waals surface area contributed by atoms with Crippen LogP contribution >= 0.6 is 0 Å². The Kier molecular flexibility index (Phi) is 9.53. The van der Waals surface area contributed by atoms with Crippen molar-refractivity contribution in [3.05, 3.63) is 59.8 Å². The van der Waals surface area contributed by atoms with Crippen LogP contribution in [0.1, 0.15) is 37.9 Å². The Morgan fingerprint density at radius 1 is 1.13 bits per heavy atom. The second-order valence-corrected chi connectivity index (χ2v) is 10.9. The van der Waals surface area contributed by atoms with Gasteiger partial charge in [0.1, 0.15) is 12.4 Å². The van der Waals surface area contributed by atoms with Crippen molar-refractivity contribution in [1.29, 1.82) is 0 Å². The molecule has 2 amide bonds. The SMILES string of the molecule is CC(C)[C@H]1COC(=O)N1c1ccnc(N[C@@H](C)c2ccc(CN3CCN(C(=O)/C=C/CN(C)C)CC3)cc2)n1. The Hall–Kier alpha value is -3.50. The Morgan fingerprint density at radius 3 is 2.51 bits per heavy atom. The number of hydrogen-bond acceptors (Lipinski definition) is 8. The molecule has 3 heterocycles. The molecule has 0 unspecified atom stereocenters. The van der Waals surface area contributed by atoms with Gasteiger partial charge in [-0.15, -0.1) is 0 Å². The number of carbonyl (C=O) groups excluding carboxylic acids is 2. The van der Waals surface area contributed by atoms with Gasteiger partial charge in [-0.2, -0.15) is 4.98 Å². The summed E-state index contributed by atoms with van der Waals surface area (Å²) in [6.45, 7) is 11.4. The molecule has 210 valence electrons. The molecule has 2 atom stereocenters. The number of aromatic nitrogens is 2. The highest BCUT2D eigenvalue weighted by molar-refractivity contribution is 5.89. The molecule has 39 heavy (non-hydrogen) atoms. The van der Waals surface area contributed by atoms with Crippen LogP contribution in [0.4, 0.5) is 16.6 Å². The van der Waals surface area contributed by atoms with Crippen molar-refractivity contribution < 1.29 is 14.3 Å². The van der Waals surface area contributed by atoms with Gasteiger partial charge in [0.2, 0.25) is 11.9 Å². The minimum absolute atomic E-state index is 0.0177. The van der Waals surface area contributed by atoms with Crippen molar-refractivity contribution in [1.82, 2.24) is 24.7 Å². The number of likely N-dealkylation sites (N-methyl/N-ethyl adjacent to an activating group) is 1. The van der Waals surface area contributed by atoms with E-state index in [2.05, 4.69) is 65.2 Å². The van der Waals surface area contributed by atoms with Crippen LogP contribution in [0.15, 0.2) is 48.7 Å². The summed E-state index contributed by atoms with van der Waals surface area (Å²) in [5.41, 5.74) is 2.36. The van der Waals surface area contributed by atoms with Crippen LogP contribution in [0, 0.1) is 5.92 Å². The summed E-state index contributed by atoms with van der Waals surface area (Å²) in [7, 11) is 3.98. The fourth-order valence-corrected chi connectivity index (χ4v) is 4.79. The zero-order chi connectivity index (χ0) is 27.9.